The molecule has 0 aromatic heterocycles. The first-order valence-electron chi connectivity index (χ1n) is 7.46. The average Bonchev–Trinajstić information content (AvgIpc) is 2.70. The van der Waals surface area contributed by atoms with Gasteiger partial charge >= 0.3 is 6.61 Å². The number of ether oxygens (including phenoxy) is 2. The lowest BCUT2D eigenvalue weighted by atomic mass is 9.83. The molecule has 118 valence electrons. The first-order valence-corrected chi connectivity index (χ1v) is 7.46. The van der Waals surface area contributed by atoms with Crippen molar-refractivity contribution in [1.82, 2.24) is 5.32 Å². The van der Waals surface area contributed by atoms with Gasteiger partial charge in [-0.25, -0.2) is 0 Å². The highest BCUT2D eigenvalue weighted by Gasteiger charge is 2.32. The van der Waals surface area contributed by atoms with Crippen molar-refractivity contribution in [3.63, 3.8) is 0 Å². The van der Waals surface area contributed by atoms with Crippen molar-refractivity contribution in [2.24, 2.45) is 5.41 Å². The molecule has 1 aromatic carbocycles. The Morgan fingerprint density at radius 3 is 2.71 bits per heavy atom. The molecule has 3 nitrogen and oxygen atoms in total. The van der Waals surface area contributed by atoms with E-state index >= 15 is 0 Å². The van der Waals surface area contributed by atoms with Crippen LogP contribution < -0.4 is 10.1 Å². The number of nitrogens with one attached hydrogen (secondary N) is 1. The first-order chi connectivity index (χ1) is 10.1. The van der Waals surface area contributed by atoms with E-state index in [1.54, 1.807) is 18.2 Å². The van der Waals surface area contributed by atoms with Crippen molar-refractivity contribution in [2.45, 2.75) is 39.4 Å². The second-order valence-corrected chi connectivity index (χ2v) is 5.55. The minimum Gasteiger partial charge on any atom is -0.434 e. The third-order valence-corrected chi connectivity index (χ3v) is 4.40. The number of rotatable bonds is 5. The lowest BCUT2D eigenvalue weighted by Gasteiger charge is -2.29. The van der Waals surface area contributed by atoms with E-state index in [-0.39, 0.29) is 17.3 Å². The Balaban J connectivity index is 2.16. The summed E-state index contributed by atoms with van der Waals surface area (Å²) < 4.78 is 35.6. The summed E-state index contributed by atoms with van der Waals surface area (Å²) in [4.78, 5) is 0. The van der Waals surface area contributed by atoms with Crippen molar-refractivity contribution < 1.29 is 18.3 Å². The molecule has 0 radical (unpaired) electrons. The zero-order chi connectivity index (χ0) is 15.3. The first kappa shape index (κ1) is 16.2. The standard InChI is InChI=1S/C16H23F2NO2/c1-3-16(4-2)10-19-9-14(20-11-16)12-7-5-6-8-13(12)21-15(17)18/h5-8,14-15,19H,3-4,9-11H2,1-2H3. The third-order valence-electron chi connectivity index (χ3n) is 4.40. The molecule has 0 saturated carbocycles. The number of hydrogen-bond donors (Lipinski definition) is 1. The van der Waals surface area contributed by atoms with Gasteiger partial charge in [-0.2, -0.15) is 8.78 Å². The maximum Gasteiger partial charge on any atom is 0.387 e. The van der Waals surface area contributed by atoms with Gasteiger partial charge in [0, 0.05) is 24.1 Å². The maximum absolute atomic E-state index is 12.5. The molecule has 2 rings (SSSR count). The molecule has 0 spiro atoms. The van der Waals surface area contributed by atoms with E-state index in [0.717, 1.165) is 19.4 Å². The second-order valence-electron chi connectivity index (χ2n) is 5.55. The largest absolute Gasteiger partial charge is 0.434 e. The molecule has 0 amide bonds. The SMILES string of the molecule is CCC1(CC)CNCC(c2ccccc2OC(F)F)OC1. The summed E-state index contributed by atoms with van der Waals surface area (Å²) in [5.41, 5.74) is 0.793. The summed E-state index contributed by atoms with van der Waals surface area (Å²) in [6, 6.07) is 6.85. The maximum atomic E-state index is 12.5. The Morgan fingerprint density at radius 2 is 2.05 bits per heavy atom. The smallest absolute Gasteiger partial charge is 0.387 e. The van der Waals surface area contributed by atoms with E-state index in [0.29, 0.717) is 18.7 Å². The third kappa shape index (κ3) is 3.92. The van der Waals surface area contributed by atoms with E-state index in [1.165, 1.54) is 0 Å². The van der Waals surface area contributed by atoms with Gasteiger partial charge in [-0.1, -0.05) is 32.0 Å². The van der Waals surface area contributed by atoms with E-state index in [2.05, 4.69) is 23.9 Å². The van der Waals surface area contributed by atoms with Gasteiger partial charge < -0.3 is 14.8 Å². The van der Waals surface area contributed by atoms with Crippen LogP contribution in [0.3, 0.4) is 0 Å². The molecular formula is C16H23F2NO2. The fourth-order valence-corrected chi connectivity index (χ4v) is 2.71. The van der Waals surface area contributed by atoms with Crippen LogP contribution >= 0.6 is 0 Å². The minimum absolute atomic E-state index is 0.118. The van der Waals surface area contributed by atoms with Crippen LogP contribution in [0.2, 0.25) is 0 Å². The van der Waals surface area contributed by atoms with Crippen LogP contribution in [0.25, 0.3) is 0 Å². The van der Waals surface area contributed by atoms with Gasteiger partial charge in [0.15, 0.2) is 0 Å². The molecule has 1 atom stereocenters. The average molecular weight is 299 g/mol. The van der Waals surface area contributed by atoms with Crippen LogP contribution in [-0.4, -0.2) is 26.3 Å². The molecule has 1 aliphatic rings. The van der Waals surface area contributed by atoms with E-state index in [9.17, 15) is 8.78 Å². The van der Waals surface area contributed by atoms with Gasteiger partial charge in [0.25, 0.3) is 0 Å². The van der Waals surface area contributed by atoms with Crippen molar-refractivity contribution in [3.05, 3.63) is 29.8 Å². The molecular weight excluding hydrogens is 276 g/mol. The summed E-state index contributed by atoms with van der Waals surface area (Å²) in [7, 11) is 0. The molecule has 1 N–H and O–H groups in total. The lowest BCUT2D eigenvalue weighted by molar-refractivity contribution is -0.0534. The summed E-state index contributed by atoms with van der Waals surface area (Å²) in [6.45, 7) is 3.60. The monoisotopic (exact) mass is 299 g/mol. The highest BCUT2D eigenvalue weighted by Crippen LogP contribution is 2.34. The van der Waals surface area contributed by atoms with Gasteiger partial charge in [0.05, 0.1) is 12.7 Å². The van der Waals surface area contributed by atoms with E-state index in [1.807, 2.05) is 6.07 Å². The molecule has 1 heterocycles. The van der Waals surface area contributed by atoms with Gasteiger partial charge in [-0.3, -0.25) is 0 Å². The Kier molecular flexibility index (Phi) is 5.53. The van der Waals surface area contributed by atoms with Crippen LogP contribution in [0.15, 0.2) is 24.3 Å². The van der Waals surface area contributed by atoms with Crippen molar-refractivity contribution in [2.75, 3.05) is 19.7 Å². The topological polar surface area (TPSA) is 30.5 Å². The van der Waals surface area contributed by atoms with E-state index in [4.69, 9.17) is 4.74 Å². The van der Waals surface area contributed by atoms with Crippen LogP contribution in [0, 0.1) is 5.41 Å². The highest BCUT2D eigenvalue weighted by molar-refractivity contribution is 5.35. The van der Waals surface area contributed by atoms with Crippen molar-refractivity contribution >= 4 is 0 Å². The van der Waals surface area contributed by atoms with Crippen LogP contribution in [0.1, 0.15) is 38.4 Å². The fraction of sp³-hybridized carbons (Fsp3) is 0.625. The Labute approximate surface area is 124 Å². The molecule has 1 aliphatic heterocycles. The summed E-state index contributed by atoms with van der Waals surface area (Å²) in [5, 5.41) is 3.40. The Morgan fingerprint density at radius 1 is 1.33 bits per heavy atom. The molecule has 1 unspecified atom stereocenters. The normalized spacial score (nSPS) is 22.0. The van der Waals surface area contributed by atoms with Crippen LogP contribution in [-0.2, 0) is 4.74 Å². The number of para-hydroxylation sites is 1. The number of halogens is 2. The van der Waals surface area contributed by atoms with Crippen molar-refractivity contribution in [1.29, 1.82) is 0 Å². The Hall–Kier alpha value is -1.20. The second kappa shape index (κ2) is 7.18. The minimum atomic E-state index is -2.82. The van der Waals surface area contributed by atoms with Crippen molar-refractivity contribution in [3.8, 4) is 5.75 Å². The summed E-state index contributed by atoms with van der Waals surface area (Å²) in [6.07, 6.45) is 1.79. The zero-order valence-electron chi connectivity index (χ0n) is 12.6. The van der Waals surface area contributed by atoms with Crippen LogP contribution in [0.5, 0.6) is 5.75 Å². The summed E-state index contributed by atoms with van der Waals surface area (Å²) >= 11 is 0. The number of alkyl halides is 2. The molecule has 5 heteroatoms. The molecule has 21 heavy (non-hydrogen) atoms. The molecule has 1 aromatic rings. The van der Waals surface area contributed by atoms with Gasteiger partial charge in [-0.05, 0) is 18.9 Å². The number of benzene rings is 1. The summed E-state index contributed by atoms with van der Waals surface area (Å²) in [5.74, 6) is 0.194. The fourth-order valence-electron chi connectivity index (χ4n) is 2.71. The number of hydrogen-bond acceptors (Lipinski definition) is 3. The predicted molar refractivity (Wildman–Crippen MR) is 77.7 cm³/mol. The highest BCUT2D eigenvalue weighted by atomic mass is 19.3. The predicted octanol–water partition coefficient (Wildman–Crippen LogP) is 3.76. The zero-order valence-corrected chi connectivity index (χ0v) is 12.6. The molecule has 0 aliphatic carbocycles. The Bertz CT molecular complexity index is 450. The molecule has 1 saturated heterocycles. The van der Waals surface area contributed by atoms with Gasteiger partial charge in [0.2, 0.25) is 0 Å². The lowest BCUT2D eigenvalue weighted by Crippen LogP contribution is -2.34. The van der Waals surface area contributed by atoms with E-state index < -0.39 is 6.61 Å². The van der Waals surface area contributed by atoms with Crippen LogP contribution in [0.4, 0.5) is 8.78 Å². The molecule has 0 bridgehead atoms. The van der Waals surface area contributed by atoms with Gasteiger partial charge in [0.1, 0.15) is 5.75 Å². The quantitative estimate of drug-likeness (QED) is 0.898. The molecule has 1 fully saturated rings. The van der Waals surface area contributed by atoms with Gasteiger partial charge in [-0.15, -0.1) is 0 Å².